The average molecular weight is 335 g/mol. The summed E-state index contributed by atoms with van der Waals surface area (Å²) in [5.41, 5.74) is -0.386. The van der Waals surface area contributed by atoms with E-state index in [1.807, 2.05) is 6.92 Å². The highest BCUT2D eigenvalue weighted by Crippen LogP contribution is 2.38. The Kier molecular flexibility index (Phi) is 4.15. The van der Waals surface area contributed by atoms with Gasteiger partial charge in [-0.2, -0.15) is 0 Å². The smallest absolute Gasteiger partial charge is 0.323 e. The zero-order valence-electron chi connectivity index (χ0n) is 13.0. The maximum absolute atomic E-state index is 12.8. The fourth-order valence-electron chi connectivity index (χ4n) is 3.51. The first-order chi connectivity index (χ1) is 10.9. The summed E-state index contributed by atoms with van der Waals surface area (Å²) in [5, 5.41) is 3.38. The van der Waals surface area contributed by atoms with Gasteiger partial charge >= 0.3 is 6.03 Å². The molecule has 1 aliphatic heterocycles. The number of urea groups is 1. The van der Waals surface area contributed by atoms with Crippen LogP contribution in [0.1, 0.15) is 43.0 Å². The lowest BCUT2D eigenvalue weighted by Crippen LogP contribution is -2.54. The molecule has 5 nitrogen and oxygen atoms in total. The highest BCUT2D eigenvalue weighted by Gasteiger charge is 2.55. The van der Waals surface area contributed by atoms with Crippen molar-refractivity contribution in [3.63, 3.8) is 0 Å². The molecule has 1 aromatic rings. The molecule has 0 unspecified atom stereocenters. The van der Waals surface area contributed by atoms with Gasteiger partial charge in [0.05, 0.1) is 6.54 Å². The lowest BCUT2D eigenvalue weighted by atomic mass is 9.73. The van der Waals surface area contributed by atoms with Crippen molar-refractivity contribution in [2.45, 2.75) is 38.1 Å². The number of nitrogens with zero attached hydrogens (tertiary/aromatic N) is 1. The first-order valence-corrected chi connectivity index (χ1v) is 8.25. The van der Waals surface area contributed by atoms with Crippen LogP contribution in [0.5, 0.6) is 0 Å². The molecule has 0 radical (unpaired) electrons. The summed E-state index contributed by atoms with van der Waals surface area (Å²) in [5.74, 6) is -0.453. The summed E-state index contributed by atoms with van der Waals surface area (Å²) >= 11 is 5.81. The zero-order valence-corrected chi connectivity index (χ0v) is 13.7. The van der Waals surface area contributed by atoms with Gasteiger partial charge in [-0.05, 0) is 43.0 Å². The molecule has 1 spiro atoms. The number of halogens is 1. The maximum atomic E-state index is 12.8. The van der Waals surface area contributed by atoms with Gasteiger partial charge in [-0.3, -0.25) is 14.5 Å². The number of ketones is 1. The van der Waals surface area contributed by atoms with Gasteiger partial charge in [0.2, 0.25) is 0 Å². The topological polar surface area (TPSA) is 66.5 Å². The fraction of sp³-hybridized carbons (Fsp3) is 0.471. The van der Waals surface area contributed by atoms with E-state index in [9.17, 15) is 14.4 Å². The van der Waals surface area contributed by atoms with Crippen LogP contribution in [0.3, 0.4) is 0 Å². The third-order valence-electron chi connectivity index (χ3n) is 4.97. The van der Waals surface area contributed by atoms with Crippen molar-refractivity contribution in [2.24, 2.45) is 5.92 Å². The number of nitrogens with one attached hydrogen (secondary N) is 1. The van der Waals surface area contributed by atoms with Crippen LogP contribution in [0.2, 0.25) is 5.02 Å². The molecule has 2 aliphatic rings. The maximum Gasteiger partial charge on any atom is 0.325 e. The van der Waals surface area contributed by atoms with Gasteiger partial charge < -0.3 is 5.32 Å². The second-order valence-corrected chi connectivity index (χ2v) is 6.81. The third-order valence-corrected chi connectivity index (χ3v) is 5.22. The predicted octanol–water partition coefficient (Wildman–Crippen LogP) is 3.02. The number of carbonyl (C=O) groups excluding carboxylic acids is 3. The Hall–Kier alpha value is -1.88. The van der Waals surface area contributed by atoms with E-state index < -0.39 is 11.6 Å². The summed E-state index contributed by atoms with van der Waals surface area (Å²) in [6.45, 7) is 1.75. The van der Waals surface area contributed by atoms with Crippen molar-refractivity contribution in [2.75, 3.05) is 6.54 Å². The molecule has 1 saturated carbocycles. The van der Waals surface area contributed by atoms with Crippen molar-refractivity contribution < 1.29 is 14.4 Å². The normalized spacial score (nSPS) is 27.4. The Bertz CT molecular complexity index is 658. The molecule has 122 valence electrons. The minimum Gasteiger partial charge on any atom is -0.323 e. The summed E-state index contributed by atoms with van der Waals surface area (Å²) in [6, 6.07) is 5.96. The number of Topliss-reactive ketones (excluding diaryl/α,β-unsaturated/α-hetero) is 1. The van der Waals surface area contributed by atoms with Gasteiger partial charge in [-0.25, -0.2) is 4.79 Å². The van der Waals surface area contributed by atoms with Crippen molar-refractivity contribution in [1.29, 1.82) is 0 Å². The summed E-state index contributed by atoms with van der Waals surface area (Å²) in [4.78, 5) is 38.4. The standard InChI is InChI=1S/C17H19ClN2O3/c1-11-4-2-3-9-17(11)15(22)20(16(23)19-17)10-14(21)12-5-7-13(18)8-6-12/h5-8,11H,2-4,9-10H2,1H3,(H,19,23)/t11-,17+/m0/s1. The fourth-order valence-corrected chi connectivity index (χ4v) is 3.64. The Morgan fingerprint density at radius 1 is 1.30 bits per heavy atom. The lowest BCUT2D eigenvalue weighted by Gasteiger charge is -2.36. The van der Waals surface area contributed by atoms with Gasteiger partial charge in [-0.1, -0.05) is 31.4 Å². The largest absolute Gasteiger partial charge is 0.325 e. The van der Waals surface area contributed by atoms with Gasteiger partial charge in [-0.15, -0.1) is 0 Å². The molecule has 6 heteroatoms. The second-order valence-electron chi connectivity index (χ2n) is 6.37. The van der Waals surface area contributed by atoms with Crippen molar-refractivity contribution in [3.05, 3.63) is 34.9 Å². The van der Waals surface area contributed by atoms with E-state index in [0.29, 0.717) is 17.0 Å². The van der Waals surface area contributed by atoms with E-state index in [1.165, 1.54) is 0 Å². The van der Waals surface area contributed by atoms with Crippen molar-refractivity contribution >= 4 is 29.3 Å². The molecule has 3 amide bonds. The minimum absolute atomic E-state index is 0.0864. The number of rotatable bonds is 3. The Balaban J connectivity index is 1.78. The minimum atomic E-state index is -0.824. The molecule has 2 atom stereocenters. The zero-order chi connectivity index (χ0) is 16.6. The van der Waals surface area contributed by atoms with Crippen LogP contribution < -0.4 is 5.32 Å². The molecule has 0 bridgehead atoms. The van der Waals surface area contributed by atoms with Gasteiger partial charge in [0.25, 0.3) is 5.91 Å². The molecule has 0 aromatic heterocycles. The number of hydrogen-bond acceptors (Lipinski definition) is 3. The SMILES string of the molecule is C[C@H]1CCCC[C@@]12NC(=O)N(CC(=O)c1ccc(Cl)cc1)C2=O. The van der Waals surface area contributed by atoms with E-state index in [1.54, 1.807) is 24.3 Å². The molecule has 1 aliphatic carbocycles. The molecular formula is C17H19ClN2O3. The molecular weight excluding hydrogens is 316 g/mol. The van der Waals surface area contributed by atoms with E-state index >= 15 is 0 Å². The highest BCUT2D eigenvalue weighted by atomic mass is 35.5. The Labute approximate surface area is 140 Å². The first kappa shape index (κ1) is 16.0. The lowest BCUT2D eigenvalue weighted by molar-refractivity contribution is -0.133. The van der Waals surface area contributed by atoms with Gasteiger partial charge in [0.1, 0.15) is 5.54 Å². The third kappa shape index (κ3) is 2.74. The highest BCUT2D eigenvalue weighted by molar-refractivity contribution is 6.30. The summed E-state index contributed by atoms with van der Waals surface area (Å²) < 4.78 is 0. The number of benzene rings is 1. The van der Waals surface area contributed by atoms with E-state index in [2.05, 4.69) is 5.32 Å². The van der Waals surface area contributed by atoms with Crippen molar-refractivity contribution in [3.8, 4) is 0 Å². The Morgan fingerprint density at radius 2 is 2.00 bits per heavy atom. The number of hydrogen-bond donors (Lipinski definition) is 1. The summed E-state index contributed by atoms with van der Waals surface area (Å²) in [6.07, 6.45) is 3.53. The van der Waals surface area contributed by atoms with Crippen LogP contribution in [0.4, 0.5) is 4.79 Å². The molecule has 3 rings (SSSR count). The molecule has 1 saturated heterocycles. The number of amides is 3. The predicted molar refractivity (Wildman–Crippen MR) is 86.4 cm³/mol. The monoisotopic (exact) mass is 334 g/mol. The molecule has 1 heterocycles. The number of imide groups is 1. The summed E-state index contributed by atoms with van der Waals surface area (Å²) in [7, 11) is 0. The molecule has 23 heavy (non-hydrogen) atoms. The van der Waals surface area contributed by atoms with Crippen LogP contribution in [-0.2, 0) is 4.79 Å². The number of carbonyl (C=O) groups is 3. The first-order valence-electron chi connectivity index (χ1n) is 7.87. The molecule has 1 aromatic carbocycles. The van der Waals surface area contributed by atoms with E-state index in [0.717, 1.165) is 24.2 Å². The van der Waals surface area contributed by atoms with Crippen LogP contribution >= 0.6 is 11.6 Å². The van der Waals surface area contributed by atoms with Gasteiger partial charge in [0, 0.05) is 10.6 Å². The van der Waals surface area contributed by atoms with Crippen LogP contribution in [0.25, 0.3) is 0 Å². The van der Waals surface area contributed by atoms with E-state index in [-0.39, 0.29) is 24.2 Å². The van der Waals surface area contributed by atoms with Crippen molar-refractivity contribution in [1.82, 2.24) is 10.2 Å². The van der Waals surface area contributed by atoms with Crippen LogP contribution in [-0.4, -0.2) is 34.7 Å². The molecule has 1 N–H and O–H groups in total. The van der Waals surface area contributed by atoms with Crippen LogP contribution in [0, 0.1) is 5.92 Å². The van der Waals surface area contributed by atoms with Gasteiger partial charge in [0.15, 0.2) is 5.78 Å². The quantitative estimate of drug-likeness (QED) is 0.682. The average Bonchev–Trinajstić information content (AvgIpc) is 2.76. The Morgan fingerprint density at radius 3 is 2.65 bits per heavy atom. The molecule has 2 fully saturated rings. The second kappa shape index (κ2) is 5.96. The van der Waals surface area contributed by atoms with E-state index in [4.69, 9.17) is 11.6 Å². The van der Waals surface area contributed by atoms with Crippen LogP contribution in [0.15, 0.2) is 24.3 Å².